The van der Waals surface area contributed by atoms with Gasteiger partial charge in [-0.1, -0.05) is 11.6 Å². The highest BCUT2D eigenvalue weighted by atomic mass is 35.5. The van der Waals surface area contributed by atoms with Gasteiger partial charge in [-0.15, -0.1) is 0 Å². The number of nitrogens with one attached hydrogen (secondary N) is 2. The van der Waals surface area contributed by atoms with Crippen LogP contribution >= 0.6 is 11.6 Å². The van der Waals surface area contributed by atoms with Crippen LogP contribution in [-0.2, 0) is 9.59 Å². The van der Waals surface area contributed by atoms with Crippen LogP contribution in [0.2, 0.25) is 5.02 Å². The molecular weight excluding hydrogens is 290 g/mol. The molecule has 2 aliphatic rings. The molecule has 2 N–H and O–H groups in total. The normalized spacial score (nSPS) is 21.9. The summed E-state index contributed by atoms with van der Waals surface area (Å²) in [5, 5.41) is 6.51. The standard InChI is InChI=1S/C15H18ClN3O2/c16-11-9-10(18-15(21)12-3-1-7-17-12)5-6-13(11)19-8-2-4-14(19)20/h5-6,9,12,17H,1-4,7-8H2,(H,18,21)/t12-/m1/s1. The maximum atomic E-state index is 12.0. The highest BCUT2D eigenvalue weighted by Gasteiger charge is 2.25. The molecule has 1 aromatic rings. The van der Waals surface area contributed by atoms with Crippen molar-refractivity contribution < 1.29 is 9.59 Å². The molecule has 0 bridgehead atoms. The van der Waals surface area contributed by atoms with Gasteiger partial charge in [0, 0.05) is 18.7 Å². The molecule has 2 amide bonds. The van der Waals surface area contributed by atoms with Gasteiger partial charge in [0.05, 0.1) is 16.8 Å². The monoisotopic (exact) mass is 307 g/mol. The maximum absolute atomic E-state index is 12.0. The summed E-state index contributed by atoms with van der Waals surface area (Å²) >= 11 is 6.26. The van der Waals surface area contributed by atoms with E-state index >= 15 is 0 Å². The molecule has 0 radical (unpaired) electrons. The van der Waals surface area contributed by atoms with Gasteiger partial charge in [0.15, 0.2) is 0 Å². The molecule has 3 rings (SSSR count). The van der Waals surface area contributed by atoms with Gasteiger partial charge in [-0.2, -0.15) is 0 Å². The zero-order valence-electron chi connectivity index (χ0n) is 11.7. The van der Waals surface area contributed by atoms with Crippen molar-refractivity contribution in [2.75, 3.05) is 23.3 Å². The molecular formula is C15H18ClN3O2. The van der Waals surface area contributed by atoms with Crippen molar-refractivity contribution in [3.05, 3.63) is 23.2 Å². The fraction of sp³-hybridized carbons (Fsp3) is 0.467. The highest BCUT2D eigenvalue weighted by molar-refractivity contribution is 6.34. The molecule has 0 saturated carbocycles. The van der Waals surface area contributed by atoms with Crippen LogP contribution in [0.15, 0.2) is 18.2 Å². The lowest BCUT2D eigenvalue weighted by Gasteiger charge is -2.18. The quantitative estimate of drug-likeness (QED) is 0.899. The fourth-order valence-corrected chi connectivity index (χ4v) is 3.13. The van der Waals surface area contributed by atoms with Gasteiger partial charge in [-0.05, 0) is 44.0 Å². The zero-order valence-corrected chi connectivity index (χ0v) is 12.4. The average Bonchev–Trinajstić information content (AvgIpc) is 3.10. The smallest absolute Gasteiger partial charge is 0.241 e. The summed E-state index contributed by atoms with van der Waals surface area (Å²) in [6.45, 7) is 1.59. The third kappa shape index (κ3) is 3.04. The lowest BCUT2D eigenvalue weighted by atomic mass is 10.2. The van der Waals surface area contributed by atoms with Gasteiger partial charge in [-0.25, -0.2) is 0 Å². The van der Waals surface area contributed by atoms with Crippen molar-refractivity contribution in [3.63, 3.8) is 0 Å². The molecule has 0 aromatic heterocycles. The number of hydrogen-bond donors (Lipinski definition) is 2. The Kier molecular flexibility index (Phi) is 4.12. The van der Waals surface area contributed by atoms with Gasteiger partial charge in [0.1, 0.15) is 0 Å². The van der Waals surface area contributed by atoms with Crippen LogP contribution in [0, 0.1) is 0 Å². The number of rotatable bonds is 3. The third-order valence-electron chi connectivity index (χ3n) is 3.96. The Morgan fingerprint density at radius 2 is 2.24 bits per heavy atom. The minimum absolute atomic E-state index is 0.0337. The van der Waals surface area contributed by atoms with E-state index in [-0.39, 0.29) is 17.9 Å². The SMILES string of the molecule is O=C(Nc1ccc(N2CCCC2=O)c(Cl)c1)[C@H]1CCCN1. The Balaban J connectivity index is 1.71. The Bertz CT molecular complexity index is 570. The molecule has 0 unspecified atom stereocenters. The van der Waals surface area contributed by atoms with Crippen molar-refractivity contribution in [2.45, 2.75) is 31.7 Å². The van der Waals surface area contributed by atoms with Crippen LogP contribution in [0.5, 0.6) is 0 Å². The van der Waals surface area contributed by atoms with Gasteiger partial charge >= 0.3 is 0 Å². The van der Waals surface area contributed by atoms with E-state index in [0.29, 0.717) is 23.7 Å². The number of benzene rings is 1. The lowest BCUT2D eigenvalue weighted by Crippen LogP contribution is -2.35. The minimum atomic E-state index is -0.122. The van der Waals surface area contributed by atoms with Gasteiger partial charge < -0.3 is 15.5 Å². The van der Waals surface area contributed by atoms with Crippen molar-refractivity contribution in [1.29, 1.82) is 0 Å². The molecule has 2 aliphatic heterocycles. The largest absolute Gasteiger partial charge is 0.325 e. The Labute approximate surface area is 128 Å². The van der Waals surface area contributed by atoms with E-state index in [4.69, 9.17) is 11.6 Å². The first-order valence-electron chi connectivity index (χ1n) is 7.29. The van der Waals surface area contributed by atoms with Crippen LogP contribution in [0.1, 0.15) is 25.7 Å². The molecule has 21 heavy (non-hydrogen) atoms. The van der Waals surface area contributed by atoms with Gasteiger partial charge in [0.25, 0.3) is 0 Å². The maximum Gasteiger partial charge on any atom is 0.241 e. The first-order valence-corrected chi connectivity index (χ1v) is 7.67. The number of hydrogen-bond acceptors (Lipinski definition) is 3. The summed E-state index contributed by atoms with van der Waals surface area (Å²) in [7, 11) is 0. The van der Waals surface area contributed by atoms with Crippen LogP contribution in [0.4, 0.5) is 11.4 Å². The fourth-order valence-electron chi connectivity index (χ4n) is 2.84. The van der Waals surface area contributed by atoms with Crippen LogP contribution in [0.25, 0.3) is 0 Å². The lowest BCUT2D eigenvalue weighted by molar-refractivity contribution is -0.118. The third-order valence-corrected chi connectivity index (χ3v) is 4.26. The van der Waals surface area contributed by atoms with E-state index in [0.717, 1.165) is 31.5 Å². The predicted molar refractivity (Wildman–Crippen MR) is 82.7 cm³/mol. The van der Waals surface area contributed by atoms with Crippen LogP contribution in [0.3, 0.4) is 0 Å². The molecule has 1 atom stereocenters. The molecule has 6 heteroatoms. The summed E-state index contributed by atoms with van der Waals surface area (Å²) in [4.78, 5) is 25.5. The minimum Gasteiger partial charge on any atom is -0.325 e. The molecule has 0 spiro atoms. The number of nitrogens with zero attached hydrogens (tertiary/aromatic N) is 1. The van der Waals surface area contributed by atoms with Crippen molar-refractivity contribution in [2.24, 2.45) is 0 Å². The van der Waals surface area contributed by atoms with Crippen molar-refractivity contribution in [1.82, 2.24) is 5.32 Å². The predicted octanol–water partition coefficient (Wildman–Crippen LogP) is 2.16. The number of anilines is 2. The summed E-state index contributed by atoms with van der Waals surface area (Å²) < 4.78 is 0. The average molecular weight is 308 g/mol. The summed E-state index contributed by atoms with van der Waals surface area (Å²) in [6.07, 6.45) is 3.32. The Morgan fingerprint density at radius 3 is 2.86 bits per heavy atom. The summed E-state index contributed by atoms with van der Waals surface area (Å²) in [6, 6.07) is 5.17. The van der Waals surface area contributed by atoms with E-state index < -0.39 is 0 Å². The second-order valence-corrected chi connectivity index (χ2v) is 5.86. The van der Waals surface area contributed by atoms with Gasteiger partial charge in [-0.3, -0.25) is 9.59 Å². The number of halogens is 1. The van der Waals surface area contributed by atoms with Crippen molar-refractivity contribution in [3.8, 4) is 0 Å². The first-order chi connectivity index (χ1) is 10.1. The molecule has 2 fully saturated rings. The second-order valence-electron chi connectivity index (χ2n) is 5.45. The molecule has 0 aliphatic carbocycles. The molecule has 5 nitrogen and oxygen atoms in total. The summed E-state index contributed by atoms with van der Waals surface area (Å²) in [5.74, 6) is 0.0670. The van der Waals surface area contributed by atoms with E-state index in [1.165, 1.54) is 0 Å². The molecule has 2 saturated heterocycles. The van der Waals surface area contributed by atoms with Crippen molar-refractivity contribution >= 4 is 34.8 Å². The number of carbonyl (C=O) groups is 2. The van der Waals surface area contributed by atoms with E-state index in [2.05, 4.69) is 10.6 Å². The number of amides is 2. The molecule has 2 heterocycles. The number of carbonyl (C=O) groups excluding carboxylic acids is 2. The van der Waals surface area contributed by atoms with E-state index in [1.807, 2.05) is 0 Å². The summed E-state index contributed by atoms with van der Waals surface area (Å²) in [5.41, 5.74) is 1.38. The Morgan fingerprint density at radius 1 is 1.38 bits per heavy atom. The molecule has 1 aromatic carbocycles. The van der Waals surface area contributed by atoms with Crippen LogP contribution < -0.4 is 15.5 Å². The second kappa shape index (κ2) is 6.03. The van der Waals surface area contributed by atoms with Crippen LogP contribution in [-0.4, -0.2) is 30.9 Å². The molecule has 112 valence electrons. The first kappa shape index (κ1) is 14.4. The Hall–Kier alpha value is -1.59. The topological polar surface area (TPSA) is 61.4 Å². The highest BCUT2D eigenvalue weighted by Crippen LogP contribution is 2.31. The van der Waals surface area contributed by atoms with E-state index in [1.54, 1.807) is 23.1 Å². The van der Waals surface area contributed by atoms with E-state index in [9.17, 15) is 9.59 Å². The van der Waals surface area contributed by atoms with Gasteiger partial charge in [0.2, 0.25) is 11.8 Å². The zero-order chi connectivity index (χ0) is 14.8.